The maximum Gasteiger partial charge on any atom is 0.416 e. The number of hydrazone groups is 1. The van der Waals surface area contributed by atoms with Crippen molar-refractivity contribution in [3.8, 4) is 5.75 Å². The molecule has 0 radical (unpaired) electrons. The van der Waals surface area contributed by atoms with Crippen molar-refractivity contribution in [1.82, 2.24) is 5.43 Å². The highest BCUT2D eigenvalue weighted by atomic mass is 19.4. The van der Waals surface area contributed by atoms with E-state index in [-0.39, 0.29) is 5.69 Å². The quantitative estimate of drug-likeness (QED) is 0.355. The molecule has 0 spiro atoms. The average molecular weight is 456 g/mol. The van der Waals surface area contributed by atoms with E-state index in [4.69, 9.17) is 4.74 Å². The largest absolute Gasteiger partial charge is 0.497 e. The molecule has 0 bridgehead atoms. The Labute approximate surface area is 187 Å². The van der Waals surface area contributed by atoms with Gasteiger partial charge in [0.05, 0.1) is 18.9 Å². The minimum atomic E-state index is -4.51. The van der Waals surface area contributed by atoms with Crippen LogP contribution in [0.25, 0.3) is 0 Å². The molecule has 0 saturated heterocycles. The third kappa shape index (κ3) is 6.82. The van der Waals surface area contributed by atoms with Crippen molar-refractivity contribution in [2.75, 3.05) is 17.7 Å². The molecule has 3 rings (SSSR count). The van der Waals surface area contributed by atoms with E-state index in [0.717, 1.165) is 17.7 Å². The summed E-state index contributed by atoms with van der Waals surface area (Å²) in [5.41, 5.74) is 2.93. The Balaban J connectivity index is 1.53. The van der Waals surface area contributed by atoms with Crippen LogP contribution in [-0.4, -0.2) is 25.3 Å². The molecule has 0 aliphatic heterocycles. The molecule has 10 heteroatoms. The number of hydrogen-bond acceptors (Lipinski definition) is 4. The maximum absolute atomic E-state index is 12.8. The summed E-state index contributed by atoms with van der Waals surface area (Å²) in [7, 11) is 1.56. The predicted octanol–water partition coefficient (Wildman–Crippen LogP) is 5.12. The summed E-state index contributed by atoms with van der Waals surface area (Å²) in [5.74, 6) is 0.244. The summed E-state index contributed by atoms with van der Waals surface area (Å²) < 4.78 is 43.4. The lowest BCUT2D eigenvalue weighted by Gasteiger charge is -2.11. The number of rotatable bonds is 6. The Morgan fingerprint density at radius 2 is 1.58 bits per heavy atom. The van der Waals surface area contributed by atoms with Gasteiger partial charge in [0.15, 0.2) is 0 Å². The number of carbonyl (C=O) groups excluding carboxylic acids is 2. The molecule has 0 aromatic heterocycles. The van der Waals surface area contributed by atoms with Crippen LogP contribution in [0, 0.1) is 0 Å². The Kier molecular flexibility index (Phi) is 7.29. The second kappa shape index (κ2) is 10.3. The van der Waals surface area contributed by atoms with Crippen molar-refractivity contribution in [1.29, 1.82) is 0 Å². The monoisotopic (exact) mass is 456 g/mol. The Bertz CT molecular complexity index is 1140. The van der Waals surface area contributed by atoms with Gasteiger partial charge in [-0.3, -0.25) is 4.79 Å². The maximum atomic E-state index is 12.8. The molecule has 3 amide bonds. The van der Waals surface area contributed by atoms with Gasteiger partial charge in [0.2, 0.25) is 0 Å². The van der Waals surface area contributed by atoms with Crippen LogP contribution in [0.4, 0.5) is 29.3 Å². The van der Waals surface area contributed by atoms with Gasteiger partial charge in [-0.2, -0.15) is 18.3 Å². The predicted molar refractivity (Wildman–Crippen MR) is 119 cm³/mol. The third-order valence-electron chi connectivity index (χ3n) is 4.35. The first-order valence-electron chi connectivity index (χ1n) is 9.57. The first kappa shape index (κ1) is 23.3. The molecule has 170 valence electrons. The van der Waals surface area contributed by atoms with Gasteiger partial charge in [-0.15, -0.1) is 0 Å². The van der Waals surface area contributed by atoms with Gasteiger partial charge in [0, 0.05) is 16.9 Å². The highest BCUT2D eigenvalue weighted by molar-refractivity contribution is 6.00. The summed E-state index contributed by atoms with van der Waals surface area (Å²) >= 11 is 0. The van der Waals surface area contributed by atoms with E-state index in [2.05, 4.69) is 21.2 Å². The minimum absolute atomic E-state index is 0.00644. The van der Waals surface area contributed by atoms with Gasteiger partial charge in [0.25, 0.3) is 5.91 Å². The van der Waals surface area contributed by atoms with E-state index in [0.29, 0.717) is 17.0 Å². The van der Waals surface area contributed by atoms with Crippen LogP contribution in [0.2, 0.25) is 0 Å². The zero-order chi connectivity index (χ0) is 23.8. The highest BCUT2D eigenvalue weighted by Gasteiger charge is 2.30. The Morgan fingerprint density at radius 3 is 2.21 bits per heavy atom. The van der Waals surface area contributed by atoms with Gasteiger partial charge >= 0.3 is 12.2 Å². The molecular weight excluding hydrogens is 437 g/mol. The fraction of sp³-hybridized carbons (Fsp3) is 0.0870. The number of nitrogens with one attached hydrogen (secondary N) is 3. The molecule has 3 N–H and O–H groups in total. The molecule has 7 nitrogen and oxygen atoms in total. The first-order chi connectivity index (χ1) is 15.7. The van der Waals surface area contributed by atoms with Gasteiger partial charge in [0.1, 0.15) is 5.75 Å². The molecule has 0 aliphatic carbocycles. The number of benzene rings is 3. The fourth-order valence-corrected chi connectivity index (χ4v) is 2.69. The second-order valence-electron chi connectivity index (χ2n) is 6.71. The van der Waals surface area contributed by atoms with Crippen LogP contribution >= 0.6 is 0 Å². The third-order valence-corrected chi connectivity index (χ3v) is 4.35. The van der Waals surface area contributed by atoms with Crippen LogP contribution in [0.5, 0.6) is 5.75 Å². The van der Waals surface area contributed by atoms with Crippen molar-refractivity contribution in [2.24, 2.45) is 5.10 Å². The Hall–Kier alpha value is -4.34. The summed E-state index contributed by atoms with van der Waals surface area (Å²) in [4.78, 5) is 24.3. The summed E-state index contributed by atoms with van der Waals surface area (Å²) in [5, 5.41) is 8.71. The van der Waals surface area contributed by atoms with Crippen LogP contribution in [0.3, 0.4) is 0 Å². The van der Waals surface area contributed by atoms with Gasteiger partial charge in [-0.25, -0.2) is 10.2 Å². The van der Waals surface area contributed by atoms with E-state index >= 15 is 0 Å². The molecule has 3 aromatic carbocycles. The lowest BCUT2D eigenvalue weighted by molar-refractivity contribution is -0.137. The lowest BCUT2D eigenvalue weighted by Crippen LogP contribution is -2.20. The molecule has 0 atom stereocenters. The summed E-state index contributed by atoms with van der Waals surface area (Å²) in [6.07, 6.45) is -3.03. The number of alkyl halides is 3. The van der Waals surface area contributed by atoms with Crippen LogP contribution in [-0.2, 0) is 6.18 Å². The zero-order valence-electron chi connectivity index (χ0n) is 17.3. The van der Waals surface area contributed by atoms with Crippen molar-refractivity contribution in [3.63, 3.8) is 0 Å². The standard InChI is InChI=1S/C23H19F3N4O3/c1-33-20-11-5-15(6-12-20)14-27-30-21(31)16-7-9-18(10-8-16)28-22(32)29-19-4-2-3-17(13-19)23(24,25)26/h2-14H,1H3,(H,30,31)(H2,28,29,32)/b27-14+. The van der Waals surface area contributed by atoms with Crippen molar-refractivity contribution >= 4 is 29.5 Å². The number of urea groups is 1. The number of hydrogen-bond donors (Lipinski definition) is 3. The van der Waals surface area contributed by atoms with E-state index < -0.39 is 23.7 Å². The van der Waals surface area contributed by atoms with Crippen molar-refractivity contribution < 1.29 is 27.5 Å². The minimum Gasteiger partial charge on any atom is -0.497 e. The highest BCUT2D eigenvalue weighted by Crippen LogP contribution is 2.30. The van der Waals surface area contributed by atoms with Crippen LogP contribution < -0.4 is 20.8 Å². The number of carbonyl (C=O) groups is 2. The molecule has 33 heavy (non-hydrogen) atoms. The molecule has 0 saturated carbocycles. The Morgan fingerprint density at radius 1 is 0.909 bits per heavy atom. The fourth-order valence-electron chi connectivity index (χ4n) is 2.69. The summed E-state index contributed by atoms with van der Waals surface area (Å²) in [6, 6.07) is 16.5. The van der Waals surface area contributed by atoms with Gasteiger partial charge in [-0.1, -0.05) is 6.07 Å². The van der Waals surface area contributed by atoms with Crippen LogP contribution in [0.1, 0.15) is 21.5 Å². The van der Waals surface area contributed by atoms with Crippen molar-refractivity contribution in [2.45, 2.75) is 6.18 Å². The van der Waals surface area contributed by atoms with E-state index in [1.165, 1.54) is 42.6 Å². The number of methoxy groups -OCH3 is 1. The van der Waals surface area contributed by atoms with E-state index in [1.54, 1.807) is 31.4 Å². The van der Waals surface area contributed by atoms with Crippen LogP contribution in [0.15, 0.2) is 77.9 Å². The number of halogens is 3. The topological polar surface area (TPSA) is 91.8 Å². The second-order valence-corrected chi connectivity index (χ2v) is 6.71. The number of amides is 3. The summed E-state index contributed by atoms with van der Waals surface area (Å²) in [6.45, 7) is 0. The normalized spacial score (nSPS) is 11.2. The molecule has 0 aliphatic rings. The molecule has 0 unspecified atom stereocenters. The number of ether oxygens (including phenoxy) is 1. The molecule has 0 heterocycles. The van der Waals surface area contributed by atoms with E-state index in [1.807, 2.05) is 0 Å². The lowest BCUT2D eigenvalue weighted by atomic mass is 10.2. The number of nitrogens with zero attached hydrogens (tertiary/aromatic N) is 1. The van der Waals surface area contributed by atoms with E-state index in [9.17, 15) is 22.8 Å². The van der Waals surface area contributed by atoms with Gasteiger partial charge < -0.3 is 15.4 Å². The zero-order valence-corrected chi connectivity index (χ0v) is 17.3. The molecule has 3 aromatic rings. The number of anilines is 2. The SMILES string of the molecule is COc1ccc(/C=N/NC(=O)c2ccc(NC(=O)Nc3cccc(C(F)(F)F)c3)cc2)cc1. The van der Waals surface area contributed by atoms with Crippen molar-refractivity contribution in [3.05, 3.63) is 89.5 Å². The molecular formula is C23H19F3N4O3. The molecule has 0 fully saturated rings. The first-order valence-corrected chi connectivity index (χ1v) is 9.57. The average Bonchev–Trinajstić information content (AvgIpc) is 2.79. The van der Waals surface area contributed by atoms with Gasteiger partial charge in [-0.05, 0) is 72.3 Å². The smallest absolute Gasteiger partial charge is 0.416 e.